The minimum absolute atomic E-state index is 0.0809. The molecule has 0 aromatic carbocycles. The van der Waals surface area contributed by atoms with Crippen molar-refractivity contribution in [3.63, 3.8) is 0 Å². The molecule has 41 heavy (non-hydrogen) atoms. The van der Waals surface area contributed by atoms with Crippen molar-refractivity contribution < 1.29 is 38.8 Å². The average molecular weight is 624 g/mol. The number of nitrogens with two attached hydrogens (primary N) is 2. The summed E-state index contributed by atoms with van der Waals surface area (Å²) in [6, 6.07) is 0.637. The van der Waals surface area contributed by atoms with Gasteiger partial charge >= 0.3 is 17.1 Å². The van der Waals surface area contributed by atoms with Gasteiger partial charge in [0.25, 0.3) is 11.8 Å². The normalized spacial score (nSPS) is 19.3. The second-order valence-electron chi connectivity index (χ2n) is 8.85. The van der Waals surface area contributed by atoms with E-state index < -0.39 is 41.3 Å². The molecule has 3 atom stereocenters. The number of β-lactam (4-membered cyclic amide) rings is 1. The van der Waals surface area contributed by atoms with Gasteiger partial charge in [0.1, 0.15) is 28.9 Å². The molecule has 0 spiro atoms. The lowest BCUT2D eigenvalue weighted by Crippen LogP contribution is -2.71. The van der Waals surface area contributed by atoms with Crippen LogP contribution in [0.2, 0.25) is 0 Å². The highest BCUT2D eigenvalue weighted by molar-refractivity contribution is 8.01. The van der Waals surface area contributed by atoms with E-state index in [9.17, 15) is 24.3 Å². The van der Waals surface area contributed by atoms with E-state index in [1.165, 1.54) is 40.7 Å². The predicted molar refractivity (Wildman–Crippen MR) is 151 cm³/mol. The number of aliphatic carboxylic acids is 2. The SMILES string of the molecule is CC[n+]1ccc(N)nc1SCC1=C(C(=O)O)N2C(=O)C(NC(=O)/C(=N\OC(C)CC(=O)O)c3csc(N)n3)[C@H]2SC1. The number of aromatic nitrogens is 3. The number of fused-ring (bicyclic) bond motifs is 1. The quantitative estimate of drug-likeness (QED) is 0.0529. The van der Waals surface area contributed by atoms with E-state index in [4.69, 9.17) is 21.4 Å². The van der Waals surface area contributed by atoms with Gasteiger partial charge in [-0.25, -0.2) is 14.3 Å². The van der Waals surface area contributed by atoms with Crippen LogP contribution in [0.25, 0.3) is 0 Å². The lowest BCUT2D eigenvalue weighted by atomic mass is 10.0. The van der Waals surface area contributed by atoms with Gasteiger partial charge in [-0.15, -0.1) is 23.1 Å². The fourth-order valence-corrected chi connectivity index (χ4v) is 7.07. The van der Waals surface area contributed by atoms with E-state index >= 15 is 0 Å². The molecule has 2 aromatic heterocycles. The number of oxime groups is 1. The number of thiazole rings is 1. The highest BCUT2D eigenvalue weighted by Gasteiger charge is 2.54. The Morgan fingerprint density at radius 2 is 2.10 bits per heavy atom. The molecule has 1 fully saturated rings. The number of carboxylic acid groups (broad SMARTS) is 2. The molecule has 7 N–H and O–H groups in total. The maximum atomic E-state index is 13.2. The second kappa shape index (κ2) is 12.7. The van der Waals surface area contributed by atoms with Crippen LogP contribution in [0.15, 0.2) is 39.2 Å². The molecule has 2 amide bonds. The van der Waals surface area contributed by atoms with Crippen molar-refractivity contribution in [2.45, 2.75) is 49.5 Å². The number of nitrogens with one attached hydrogen (secondary N) is 1. The number of hydrogen-bond donors (Lipinski definition) is 5. The number of carbonyl (C=O) groups excluding carboxylic acids is 2. The molecule has 2 aromatic rings. The fraction of sp³-hybridized carbons (Fsp3) is 0.391. The molecule has 0 saturated carbocycles. The van der Waals surface area contributed by atoms with Crippen molar-refractivity contribution in [1.82, 2.24) is 20.2 Å². The van der Waals surface area contributed by atoms with Crippen LogP contribution in [0.3, 0.4) is 0 Å². The third-order valence-corrected chi connectivity index (χ3v) is 9.00. The monoisotopic (exact) mass is 623 g/mol. The summed E-state index contributed by atoms with van der Waals surface area (Å²) in [6.07, 6.45) is 0.586. The van der Waals surface area contributed by atoms with Gasteiger partial charge in [-0.2, -0.15) is 0 Å². The summed E-state index contributed by atoms with van der Waals surface area (Å²) < 4.78 is 1.88. The summed E-state index contributed by atoms with van der Waals surface area (Å²) in [5, 5.41) is 26.9. The van der Waals surface area contributed by atoms with Gasteiger partial charge in [0, 0.05) is 23.0 Å². The number of amides is 2. The summed E-state index contributed by atoms with van der Waals surface area (Å²) in [7, 11) is 0. The van der Waals surface area contributed by atoms with E-state index in [0.717, 1.165) is 11.3 Å². The summed E-state index contributed by atoms with van der Waals surface area (Å²) in [6.45, 7) is 4.06. The largest absolute Gasteiger partial charge is 0.481 e. The number of aryl methyl sites for hydroxylation is 1. The summed E-state index contributed by atoms with van der Waals surface area (Å²) >= 11 is 3.68. The Morgan fingerprint density at radius 1 is 1.34 bits per heavy atom. The van der Waals surface area contributed by atoms with Crippen molar-refractivity contribution in [2.24, 2.45) is 5.16 Å². The number of anilines is 2. The Labute approximate surface area is 246 Å². The zero-order valence-electron chi connectivity index (χ0n) is 21.8. The molecule has 218 valence electrons. The van der Waals surface area contributed by atoms with Crippen LogP contribution >= 0.6 is 34.9 Å². The Bertz CT molecular complexity index is 1450. The first kappa shape index (κ1) is 30.1. The molecule has 15 nitrogen and oxygen atoms in total. The number of nitrogens with zero attached hydrogens (tertiary/aromatic N) is 5. The highest BCUT2D eigenvalue weighted by Crippen LogP contribution is 2.41. The molecule has 18 heteroatoms. The molecule has 2 unspecified atom stereocenters. The predicted octanol–water partition coefficient (Wildman–Crippen LogP) is 0.125. The van der Waals surface area contributed by atoms with Crippen LogP contribution in [0.5, 0.6) is 0 Å². The topological polar surface area (TPSA) is 227 Å². The van der Waals surface area contributed by atoms with Crippen molar-refractivity contribution in [3.8, 4) is 0 Å². The lowest BCUT2D eigenvalue weighted by molar-refractivity contribution is -0.733. The van der Waals surface area contributed by atoms with Gasteiger partial charge in [-0.3, -0.25) is 19.3 Å². The average Bonchev–Trinajstić information content (AvgIpc) is 3.35. The fourth-order valence-electron chi connectivity index (χ4n) is 3.98. The first-order valence-corrected chi connectivity index (χ1v) is 15.1. The molecule has 4 heterocycles. The first-order valence-electron chi connectivity index (χ1n) is 12.2. The third kappa shape index (κ3) is 6.71. The van der Waals surface area contributed by atoms with Crippen molar-refractivity contribution >= 4 is 75.3 Å². The maximum absolute atomic E-state index is 13.2. The Kier molecular flexibility index (Phi) is 9.34. The molecule has 2 aliphatic heterocycles. The molecule has 4 rings (SSSR count). The standard InChI is InChI=1S/C23H26N8O7S3/c1-3-30-5-4-13(24)27-23(30)41-8-11-7-39-20-16(19(35)31(20)17(11)21(36)37)28-18(34)15(12-9-40-22(25)26-12)29-38-10(2)6-14(32)33/h4-5,9-10,16,20,24H,3,6-8H2,1-2H3,(H5,25,26,28,32,33,34,36,37)/p+1/b29-15-/t10?,16?,20-/m1/s1. The number of nitrogen functional groups attached to an aromatic ring is 2. The number of hydrogen-bond acceptors (Lipinski definition) is 13. The Morgan fingerprint density at radius 3 is 2.73 bits per heavy atom. The van der Waals surface area contributed by atoms with Gasteiger partial charge in [-0.1, -0.05) is 5.16 Å². The molecule has 0 aliphatic carbocycles. The zero-order valence-corrected chi connectivity index (χ0v) is 24.3. The number of rotatable bonds is 12. The summed E-state index contributed by atoms with van der Waals surface area (Å²) in [5.41, 5.74) is 11.7. The summed E-state index contributed by atoms with van der Waals surface area (Å²) in [4.78, 5) is 64.2. The van der Waals surface area contributed by atoms with Crippen LogP contribution < -0.4 is 21.4 Å². The maximum Gasteiger partial charge on any atom is 0.361 e. The number of carboxylic acids is 2. The number of carbonyl (C=O) groups is 4. The summed E-state index contributed by atoms with van der Waals surface area (Å²) in [5.74, 6) is -2.86. The van der Waals surface area contributed by atoms with Crippen LogP contribution in [0, 0.1) is 0 Å². The van der Waals surface area contributed by atoms with Crippen LogP contribution in [-0.2, 0) is 30.6 Å². The molecule has 2 aliphatic rings. The van der Waals surface area contributed by atoms with E-state index in [1.54, 1.807) is 12.3 Å². The molecular weight excluding hydrogens is 597 g/mol. The third-order valence-electron chi connectivity index (χ3n) is 5.91. The molecule has 0 bridgehead atoms. The van der Waals surface area contributed by atoms with Crippen molar-refractivity contribution in [1.29, 1.82) is 0 Å². The molecule has 0 radical (unpaired) electrons. The molecule has 1 saturated heterocycles. The van der Waals surface area contributed by atoms with Gasteiger partial charge in [0.05, 0.1) is 19.2 Å². The smallest absolute Gasteiger partial charge is 0.361 e. The first-order chi connectivity index (χ1) is 19.5. The Hall–Kier alpha value is -3.90. The van der Waals surface area contributed by atoms with Gasteiger partial charge in [-0.05, 0) is 36.2 Å². The van der Waals surface area contributed by atoms with E-state index in [2.05, 4.69) is 20.4 Å². The minimum atomic E-state index is -1.26. The minimum Gasteiger partial charge on any atom is -0.481 e. The Balaban J connectivity index is 1.50. The van der Waals surface area contributed by atoms with Crippen LogP contribution in [0.4, 0.5) is 10.9 Å². The van der Waals surface area contributed by atoms with Crippen LogP contribution in [-0.4, -0.2) is 83.6 Å². The highest BCUT2D eigenvalue weighted by atomic mass is 32.2. The van der Waals surface area contributed by atoms with Crippen molar-refractivity contribution in [2.75, 3.05) is 23.0 Å². The van der Waals surface area contributed by atoms with Gasteiger partial charge in [0.2, 0.25) is 5.82 Å². The zero-order chi connectivity index (χ0) is 29.8. The van der Waals surface area contributed by atoms with Crippen molar-refractivity contribution in [3.05, 3.63) is 34.6 Å². The lowest BCUT2D eigenvalue weighted by Gasteiger charge is -2.49. The second-order valence-corrected chi connectivity index (χ2v) is 11.8. The van der Waals surface area contributed by atoms with E-state index in [-0.39, 0.29) is 34.4 Å². The van der Waals surface area contributed by atoms with Gasteiger partial charge in [0.15, 0.2) is 10.8 Å². The number of thioether (sulfide) groups is 2. The molecular formula is C23H27N8O7S3+. The van der Waals surface area contributed by atoms with Crippen LogP contribution in [0.1, 0.15) is 26.0 Å². The van der Waals surface area contributed by atoms with Gasteiger partial charge < -0.3 is 31.8 Å². The van der Waals surface area contributed by atoms with E-state index in [1.807, 2.05) is 11.5 Å². The van der Waals surface area contributed by atoms with E-state index in [0.29, 0.717) is 28.8 Å².